The third-order valence-corrected chi connectivity index (χ3v) is 4.27. The van der Waals surface area contributed by atoms with Crippen LogP contribution in [0, 0.1) is 0 Å². The van der Waals surface area contributed by atoms with Gasteiger partial charge >= 0.3 is 0 Å². The van der Waals surface area contributed by atoms with E-state index in [1.54, 1.807) is 0 Å². The maximum absolute atomic E-state index is 11.4. The van der Waals surface area contributed by atoms with Crippen LogP contribution in [0.1, 0.15) is 35.1 Å². The molecule has 0 heterocycles. The minimum absolute atomic E-state index is 0.790. The molecule has 2 aromatic rings. The summed E-state index contributed by atoms with van der Waals surface area (Å²) in [6.07, 6.45) is 5.56. The Morgan fingerprint density at radius 3 is 2.55 bits per heavy atom. The summed E-state index contributed by atoms with van der Waals surface area (Å²) in [5.41, 5.74) is 3.69. The first-order chi connectivity index (χ1) is 9.75. The Balaban J connectivity index is 2.17. The number of fused-ring (bicyclic) bond motifs is 1. The Kier molecular flexibility index (Phi) is 3.45. The monoisotopic (exact) mass is 264 g/mol. The van der Waals surface area contributed by atoms with Gasteiger partial charge in [-0.2, -0.15) is 0 Å². The number of aryl methyl sites for hydroxylation is 1. The number of rotatable bonds is 3. The Labute approximate surface area is 120 Å². The molecule has 1 unspecified atom stereocenters. The van der Waals surface area contributed by atoms with Crippen LogP contribution in [-0.4, -0.2) is 5.11 Å². The van der Waals surface area contributed by atoms with Crippen molar-refractivity contribution in [2.75, 3.05) is 0 Å². The number of aliphatic hydroxyl groups is 1. The van der Waals surface area contributed by atoms with Gasteiger partial charge in [-0.15, -0.1) is 6.58 Å². The molecule has 1 atom stereocenters. The van der Waals surface area contributed by atoms with E-state index in [0.29, 0.717) is 0 Å². The van der Waals surface area contributed by atoms with Gasteiger partial charge in [-0.25, -0.2) is 0 Å². The molecule has 1 aliphatic carbocycles. The molecule has 1 aliphatic rings. The van der Waals surface area contributed by atoms with E-state index >= 15 is 0 Å². The molecule has 0 aromatic heterocycles. The van der Waals surface area contributed by atoms with E-state index in [0.717, 1.165) is 36.8 Å². The van der Waals surface area contributed by atoms with Gasteiger partial charge in [-0.1, -0.05) is 54.6 Å². The second-order valence-electron chi connectivity index (χ2n) is 5.52. The summed E-state index contributed by atoms with van der Waals surface area (Å²) in [4.78, 5) is 0. The molecule has 0 aliphatic heterocycles. The highest BCUT2D eigenvalue weighted by Gasteiger charge is 2.36. The minimum atomic E-state index is -0.853. The lowest BCUT2D eigenvalue weighted by atomic mass is 9.73. The van der Waals surface area contributed by atoms with Crippen LogP contribution in [0.2, 0.25) is 0 Å². The third-order valence-electron chi connectivity index (χ3n) is 4.27. The van der Waals surface area contributed by atoms with E-state index in [1.165, 1.54) is 11.1 Å². The summed E-state index contributed by atoms with van der Waals surface area (Å²) in [6.45, 7) is 3.83. The van der Waals surface area contributed by atoms with Crippen molar-refractivity contribution in [3.8, 4) is 0 Å². The van der Waals surface area contributed by atoms with Crippen molar-refractivity contribution in [3.05, 3.63) is 83.4 Å². The maximum Gasteiger partial charge on any atom is 0.115 e. The van der Waals surface area contributed by atoms with E-state index in [1.807, 2.05) is 24.3 Å². The molecule has 2 aromatic carbocycles. The molecule has 20 heavy (non-hydrogen) atoms. The van der Waals surface area contributed by atoms with Crippen molar-refractivity contribution in [2.24, 2.45) is 0 Å². The molecule has 1 N–H and O–H groups in total. The second kappa shape index (κ2) is 5.26. The summed E-state index contributed by atoms with van der Waals surface area (Å²) < 4.78 is 0. The average Bonchev–Trinajstić information content (AvgIpc) is 2.49. The van der Waals surface area contributed by atoms with Crippen LogP contribution in [0.4, 0.5) is 0 Å². The Hall–Kier alpha value is -1.86. The van der Waals surface area contributed by atoms with Gasteiger partial charge in [-0.3, -0.25) is 0 Å². The van der Waals surface area contributed by atoms with Crippen molar-refractivity contribution in [1.29, 1.82) is 0 Å². The van der Waals surface area contributed by atoms with Crippen LogP contribution in [-0.2, 0) is 18.4 Å². The molecule has 0 saturated heterocycles. The summed E-state index contributed by atoms with van der Waals surface area (Å²) >= 11 is 0. The quantitative estimate of drug-likeness (QED) is 0.831. The van der Waals surface area contributed by atoms with Gasteiger partial charge < -0.3 is 5.11 Å². The molecule has 102 valence electrons. The molecule has 0 fully saturated rings. The molecule has 0 bridgehead atoms. The zero-order chi connectivity index (χ0) is 14.0. The lowest BCUT2D eigenvalue weighted by Gasteiger charge is -2.36. The first kappa shape index (κ1) is 13.1. The first-order valence-corrected chi connectivity index (χ1v) is 7.26. The van der Waals surface area contributed by atoms with Gasteiger partial charge in [0.25, 0.3) is 0 Å². The smallest absolute Gasteiger partial charge is 0.115 e. The molecule has 1 nitrogen and oxygen atoms in total. The van der Waals surface area contributed by atoms with Crippen LogP contribution in [0.5, 0.6) is 0 Å². The van der Waals surface area contributed by atoms with E-state index < -0.39 is 5.60 Å². The van der Waals surface area contributed by atoms with Gasteiger partial charge in [0, 0.05) is 0 Å². The topological polar surface area (TPSA) is 20.2 Å². The predicted octanol–water partition coefficient (Wildman–Crippen LogP) is 3.99. The van der Waals surface area contributed by atoms with Crippen molar-refractivity contribution >= 4 is 0 Å². The van der Waals surface area contributed by atoms with Crippen LogP contribution in [0.3, 0.4) is 0 Å². The van der Waals surface area contributed by atoms with Crippen molar-refractivity contribution in [1.82, 2.24) is 0 Å². The molecule has 0 spiro atoms. The van der Waals surface area contributed by atoms with Gasteiger partial charge in [0.05, 0.1) is 0 Å². The Bertz CT molecular complexity index is 629. The molecule has 1 heteroatoms. The summed E-state index contributed by atoms with van der Waals surface area (Å²) in [5, 5.41) is 11.4. The van der Waals surface area contributed by atoms with Crippen LogP contribution < -0.4 is 0 Å². The SMILES string of the molecule is C=CCc1ccccc1C1(O)CCCc2ccccc21. The van der Waals surface area contributed by atoms with E-state index in [-0.39, 0.29) is 0 Å². The number of benzene rings is 2. The lowest BCUT2D eigenvalue weighted by Crippen LogP contribution is -2.32. The van der Waals surface area contributed by atoms with Gasteiger partial charge in [0.15, 0.2) is 0 Å². The summed E-state index contributed by atoms with van der Waals surface area (Å²) in [7, 11) is 0. The zero-order valence-electron chi connectivity index (χ0n) is 11.7. The molecular formula is C19H20O. The van der Waals surface area contributed by atoms with Crippen molar-refractivity contribution < 1.29 is 5.11 Å². The van der Waals surface area contributed by atoms with Crippen molar-refractivity contribution in [2.45, 2.75) is 31.3 Å². The standard InChI is InChI=1S/C19H20O/c1-2-8-15-9-3-5-12-17(15)19(20)14-7-11-16-10-4-6-13-18(16)19/h2-6,9-10,12-13,20H,1,7-8,11,14H2. The maximum atomic E-state index is 11.4. The molecule has 0 saturated carbocycles. The average molecular weight is 264 g/mol. The van der Waals surface area contributed by atoms with Crippen LogP contribution in [0.25, 0.3) is 0 Å². The number of hydrogen-bond acceptors (Lipinski definition) is 1. The van der Waals surface area contributed by atoms with Crippen molar-refractivity contribution in [3.63, 3.8) is 0 Å². The van der Waals surface area contributed by atoms with Crippen LogP contribution >= 0.6 is 0 Å². The largest absolute Gasteiger partial charge is 0.380 e. The van der Waals surface area contributed by atoms with E-state index in [2.05, 4.69) is 36.9 Å². The summed E-state index contributed by atoms with van der Waals surface area (Å²) in [5.74, 6) is 0. The third kappa shape index (κ3) is 2.08. The first-order valence-electron chi connectivity index (χ1n) is 7.26. The lowest BCUT2D eigenvalue weighted by molar-refractivity contribution is 0.0608. The second-order valence-corrected chi connectivity index (χ2v) is 5.52. The fourth-order valence-corrected chi connectivity index (χ4v) is 3.35. The Morgan fingerprint density at radius 1 is 1.05 bits per heavy atom. The molecule has 0 amide bonds. The van der Waals surface area contributed by atoms with E-state index in [9.17, 15) is 5.11 Å². The fraction of sp³-hybridized carbons (Fsp3) is 0.263. The Morgan fingerprint density at radius 2 is 1.75 bits per heavy atom. The predicted molar refractivity (Wildman–Crippen MR) is 82.7 cm³/mol. The number of hydrogen-bond donors (Lipinski definition) is 1. The highest BCUT2D eigenvalue weighted by atomic mass is 16.3. The van der Waals surface area contributed by atoms with Gasteiger partial charge in [0.2, 0.25) is 0 Å². The fourth-order valence-electron chi connectivity index (χ4n) is 3.35. The van der Waals surface area contributed by atoms with Crippen LogP contribution in [0.15, 0.2) is 61.2 Å². The molecule has 3 rings (SSSR count). The van der Waals surface area contributed by atoms with Gasteiger partial charge in [0.1, 0.15) is 5.60 Å². The minimum Gasteiger partial charge on any atom is -0.380 e. The number of allylic oxidation sites excluding steroid dienone is 1. The van der Waals surface area contributed by atoms with E-state index in [4.69, 9.17) is 0 Å². The molecular weight excluding hydrogens is 244 g/mol. The highest BCUT2D eigenvalue weighted by Crippen LogP contribution is 2.41. The normalized spacial score (nSPS) is 21.2. The van der Waals surface area contributed by atoms with Gasteiger partial charge in [-0.05, 0) is 47.9 Å². The highest BCUT2D eigenvalue weighted by molar-refractivity contribution is 5.46. The summed E-state index contributed by atoms with van der Waals surface area (Å²) in [6, 6.07) is 16.5. The molecule has 0 radical (unpaired) electrons. The zero-order valence-corrected chi connectivity index (χ0v) is 11.7.